The average molecular weight is 471 g/mol. The summed E-state index contributed by atoms with van der Waals surface area (Å²) in [7, 11) is 0. The van der Waals surface area contributed by atoms with Gasteiger partial charge in [-0.05, 0) is 75.6 Å². The number of allylic oxidation sites excluding steroid dienone is 2. The second-order valence-electron chi connectivity index (χ2n) is 9.61. The zero-order chi connectivity index (χ0) is 25.1. The Morgan fingerprint density at radius 2 is 2.09 bits per heavy atom. The predicted octanol–water partition coefficient (Wildman–Crippen LogP) is 4.39. The minimum Gasteiger partial charge on any atom is -0.368 e. The first-order valence-electron chi connectivity index (χ1n) is 12.5. The van der Waals surface area contributed by atoms with Crippen LogP contribution in [0.2, 0.25) is 0 Å². The van der Waals surface area contributed by atoms with Crippen LogP contribution in [0.5, 0.6) is 0 Å². The fraction of sp³-hybridized carbons (Fsp3) is 0.414. The van der Waals surface area contributed by atoms with Gasteiger partial charge >= 0.3 is 0 Å². The van der Waals surface area contributed by atoms with E-state index in [-0.39, 0.29) is 11.9 Å². The number of pyridine rings is 1. The van der Waals surface area contributed by atoms with Crippen LogP contribution in [0.1, 0.15) is 44.5 Å². The van der Waals surface area contributed by atoms with Crippen molar-refractivity contribution in [2.75, 3.05) is 26.2 Å². The number of carbonyl (C=O) groups is 1. The molecule has 4 heterocycles. The molecule has 183 valence electrons. The number of nitrogens with zero attached hydrogens (tertiary/aromatic N) is 5. The molecule has 0 aromatic carbocycles. The van der Waals surface area contributed by atoms with Gasteiger partial charge in [-0.1, -0.05) is 13.0 Å². The molecular weight excluding hydrogens is 434 g/mol. The smallest absolute Gasteiger partial charge is 0.251 e. The molecule has 0 saturated carbocycles. The van der Waals surface area contributed by atoms with E-state index in [1.54, 1.807) is 6.08 Å². The van der Waals surface area contributed by atoms with Crippen LogP contribution in [0.3, 0.4) is 0 Å². The van der Waals surface area contributed by atoms with Gasteiger partial charge in [0.25, 0.3) is 5.91 Å². The molecular formula is C29H36N5O. The molecule has 1 saturated heterocycles. The number of hydrogen-bond acceptors (Lipinski definition) is 4. The average Bonchev–Trinajstić information content (AvgIpc) is 3.22. The number of piperazine rings is 1. The maximum Gasteiger partial charge on any atom is 0.251 e. The van der Waals surface area contributed by atoms with Crippen molar-refractivity contribution >= 4 is 17.1 Å². The fourth-order valence-electron chi connectivity index (χ4n) is 4.87. The summed E-state index contributed by atoms with van der Waals surface area (Å²) in [6.45, 7) is 19.4. The van der Waals surface area contributed by atoms with Crippen LogP contribution in [-0.2, 0) is 11.2 Å². The number of carbonyl (C=O) groups excluding carboxylic acids is 1. The summed E-state index contributed by atoms with van der Waals surface area (Å²) < 4.78 is 2.07. The summed E-state index contributed by atoms with van der Waals surface area (Å²) in [5.41, 5.74) is 8.85. The van der Waals surface area contributed by atoms with Gasteiger partial charge in [0.2, 0.25) is 0 Å². The lowest BCUT2D eigenvalue weighted by Gasteiger charge is -2.42. The minimum absolute atomic E-state index is 0.00391. The number of aromatic nitrogens is 2. The third-order valence-corrected chi connectivity index (χ3v) is 7.01. The maximum atomic E-state index is 13.4. The molecule has 0 spiro atoms. The first-order chi connectivity index (χ1) is 16.8. The van der Waals surface area contributed by atoms with E-state index in [2.05, 4.69) is 70.1 Å². The molecule has 1 radical (unpaired) electrons. The minimum atomic E-state index is -0.00730. The van der Waals surface area contributed by atoms with E-state index >= 15 is 0 Å². The number of hydrogen-bond donors (Lipinski definition) is 0. The molecule has 1 amide bonds. The second kappa shape index (κ2) is 10.5. The monoisotopic (exact) mass is 470 g/mol. The Balaban J connectivity index is 1.53. The molecule has 2 aromatic rings. The van der Waals surface area contributed by atoms with E-state index in [9.17, 15) is 4.79 Å². The number of imidazole rings is 1. The maximum absolute atomic E-state index is 13.4. The van der Waals surface area contributed by atoms with E-state index < -0.39 is 0 Å². The van der Waals surface area contributed by atoms with Gasteiger partial charge in [0.15, 0.2) is 0 Å². The van der Waals surface area contributed by atoms with E-state index in [1.165, 1.54) is 5.56 Å². The lowest BCUT2D eigenvalue weighted by molar-refractivity contribution is -0.124. The van der Waals surface area contributed by atoms with Crippen molar-refractivity contribution in [3.8, 4) is 0 Å². The Morgan fingerprint density at radius 3 is 2.80 bits per heavy atom. The van der Waals surface area contributed by atoms with Crippen LogP contribution in [0.4, 0.5) is 0 Å². The molecule has 6 nitrogen and oxygen atoms in total. The number of aryl methyl sites for hydroxylation is 2. The zero-order valence-corrected chi connectivity index (χ0v) is 21.5. The SMILES string of the molecule is [CH]=C=CCN1CCN(C2=CN(C(=O)/C=C(\C)c3cc(CC)c4nc(C)cn4c3)C(C)C=C2)C[C@H]1C. The van der Waals surface area contributed by atoms with Gasteiger partial charge in [0, 0.05) is 56.9 Å². The standard InChI is InChI=1S/C29H36N5O/c1-7-9-12-31-13-14-32(18-24(31)6)27-11-10-23(5)34(20-27)28(35)15-21(3)26-16-25(8-2)29-30-22(4)17-33(29)19-26/h1,9-11,15-17,19-20,23-24H,8,12-14,18H2,2-6H3/b21-15+/t7?,23?,24-/m1/s1. The van der Waals surface area contributed by atoms with Crippen LogP contribution in [-0.4, -0.2) is 68.3 Å². The van der Waals surface area contributed by atoms with Gasteiger partial charge in [-0.15, -0.1) is 5.73 Å². The van der Waals surface area contributed by atoms with Gasteiger partial charge in [-0.3, -0.25) is 9.69 Å². The molecule has 4 rings (SSSR count). The van der Waals surface area contributed by atoms with Gasteiger partial charge in [0.1, 0.15) is 5.65 Å². The van der Waals surface area contributed by atoms with E-state index in [1.807, 2.05) is 37.2 Å². The summed E-state index contributed by atoms with van der Waals surface area (Å²) in [4.78, 5) is 24.6. The first-order valence-corrected chi connectivity index (χ1v) is 12.5. The Morgan fingerprint density at radius 1 is 1.29 bits per heavy atom. The highest BCUT2D eigenvalue weighted by Gasteiger charge is 2.26. The quantitative estimate of drug-likeness (QED) is 0.464. The highest BCUT2D eigenvalue weighted by molar-refractivity contribution is 5.96. The topological polar surface area (TPSA) is 44.1 Å². The fourth-order valence-corrected chi connectivity index (χ4v) is 4.87. The Kier molecular flexibility index (Phi) is 7.44. The van der Waals surface area contributed by atoms with Crippen molar-refractivity contribution in [2.45, 2.75) is 53.1 Å². The molecule has 35 heavy (non-hydrogen) atoms. The number of fused-ring (bicyclic) bond motifs is 1. The summed E-state index contributed by atoms with van der Waals surface area (Å²) in [5.74, 6) is -0.00730. The molecule has 6 heteroatoms. The third kappa shape index (κ3) is 5.34. The van der Waals surface area contributed by atoms with Crippen molar-refractivity contribution in [2.24, 2.45) is 0 Å². The molecule has 1 fully saturated rings. The molecule has 2 aromatic heterocycles. The van der Waals surface area contributed by atoms with Crippen molar-refractivity contribution in [3.63, 3.8) is 0 Å². The Labute approximate surface area is 209 Å². The molecule has 2 aliphatic rings. The predicted molar refractivity (Wildman–Crippen MR) is 141 cm³/mol. The second-order valence-corrected chi connectivity index (χ2v) is 9.61. The summed E-state index contributed by atoms with van der Waals surface area (Å²) in [5, 5.41) is 0. The van der Waals surface area contributed by atoms with Crippen molar-refractivity contribution in [1.29, 1.82) is 0 Å². The largest absolute Gasteiger partial charge is 0.368 e. The van der Waals surface area contributed by atoms with Crippen LogP contribution in [0.15, 0.2) is 60.4 Å². The highest BCUT2D eigenvalue weighted by atomic mass is 16.2. The Hall–Kier alpha value is -3.34. The van der Waals surface area contributed by atoms with Crippen molar-refractivity contribution < 1.29 is 4.79 Å². The molecule has 2 atom stereocenters. The lowest BCUT2D eigenvalue weighted by atomic mass is 10.0. The number of rotatable bonds is 6. The third-order valence-electron chi connectivity index (χ3n) is 7.01. The summed E-state index contributed by atoms with van der Waals surface area (Å²) >= 11 is 0. The van der Waals surface area contributed by atoms with Crippen molar-refractivity contribution in [3.05, 3.63) is 83.8 Å². The van der Waals surface area contributed by atoms with E-state index in [4.69, 9.17) is 6.58 Å². The molecule has 0 bridgehead atoms. The van der Waals surface area contributed by atoms with Crippen molar-refractivity contribution in [1.82, 2.24) is 24.1 Å². The molecule has 2 aliphatic heterocycles. The zero-order valence-electron chi connectivity index (χ0n) is 21.5. The number of amides is 1. The first kappa shape index (κ1) is 24.8. The van der Waals surface area contributed by atoms with Gasteiger partial charge in [0.05, 0.1) is 17.4 Å². The molecule has 0 aliphatic carbocycles. The van der Waals surface area contributed by atoms with E-state index in [0.717, 1.165) is 60.8 Å². The summed E-state index contributed by atoms with van der Waals surface area (Å²) in [6, 6.07) is 2.55. The normalized spacial score (nSPS) is 21.3. The lowest BCUT2D eigenvalue weighted by Crippen LogP contribution is -2.51. The van der Waals surface area contributed by atoms with Gasteiger partial charge < -0.3 is 14.2 Å². The highest BCUT2D eigenvalue weighted by Crippen LogP contribution is 2.24. The summed E-state index contributed by atoms with van der Waals surface area (Å²) in [6.07, 6.45) is 14.9. The van der Waals surface area contributed by atoms with Gasteiger partial charge in [-0.2, -0.15) is 0 Å². The van der Waals surface area contributed by atoms with Crippen LogP contribution in [0, 0.1) is 13.5 Å². The Bertz CT molecular complexity index is 1240. The molecule has 0 N–H and O–H groups in total. The molecule has 1 unspecified atom stereocenters. The van der Waals surface area contributed by atoms with Crippen LogP contribution >= 0.6 is 0 Å². The van der Waals surface area contributed by atoms with Crippen LogP contribution in [0.25, 0.3) is 11.2 Å². The van der Waals surface area contributed by atoms with Gasteiger partial charge in [-0.25, -0.2) is 4.98 Å². The van der Waals surface area contributed by atoms with E-state index in [0.29, 0.717) is 6.04 Å². The van der Waals surface area contributed by atoms with Crippen LogP contribution < -0.4 is 0 Å².